The predicted molar refractivity (Wildman–Crippen MR) is 74.8 cm³/mol. The van der Waals surface area contributed by atoms with Gasteiger partial charge in [-0.1, -0.05) is 48.9 Å². The van der Waals surface area contributed by atoms with E-state index in [0.29, 0.717) is 5.69 Å². The molecular formula is C15H21N3O. The second kappa shape index (κ2) is 6.48. The van der Waals surface area contributed by atoms with Crippen molar-refractivity contribution >= 4 is 0 Å². The Labute approximate surface area is 114 Å². The third-order valence-corrected chi connectivity index (χ3v) is 3.44. The van der Waals surface area contributed by atoms with Gasteiger partial charge in [-0.05, 0) is 25.3 Å². The van der Waals surface area contributed by atoms with Gasteiger partial charge >= 0.3 is 0 Å². The van der Waals surface area contributed by atoms with Crippen LogP contribution in [0.2, 0.25) is 0 Å². The molecule has 19 heavy (non-hydrogen) atoms. The van der Waals surface area contributed by atoms with Crippen LogP contribution in [0.4, 0.5) is 0 Å². The van der Waals surface area contributed by atoms with E-state index in [1.165, 1.54) is 5.56 Å². The van der Waals surface area contributed by atoms with Gasteiger partial charge in [0.1, 0.15) is 5.69 Å². The molecule has 2 rings (SSSR count). The summed E-state index contributed by atoms with van der Waals surface area (Å²) in [7, 11) is 0. The van der Waals surface area contributed by atoms with Crippen molar-refractivity contribution in [3.05, 3.63) is 47.3 Å². The third kappa shape index (κ3) is 3.01. The molecule has 0 amide bonds. The van der Waals surface area contributed by atoms with Gasteiger partial charge in [0.2, 0.25) is 0 Å². The average Bonchev–Trinajstić information content (AvgIpc) is 2.88. The molecule has 4 nitrogen and oxygen atoms in total. The number of aromatic nitrogens is 3. The largest absolute Gasteiger partial charge is 0.390 e. The van der Waals surface area contributed by atoms with Crippen molar-refractivity contribution < 1.29 is 5.11 Å². The quantitative estimate of drug-likeness (QED) is 0.867. The van der Waals surface area contributed by atoms with Gasteiger partial charge in [-0.25, -0.2) is 4.68 Å². The molecule has 102 valence electrons. The van der Waals surface area contributed by atoms with Gasteiger partial charge in [-0.15, -0.1) is 5.10 Å². The summed E-state index contributed by atoms with van der Waals surface area (Å²) < 4.78 is 1.94. The molecule has 1 aromatic heterocycles. The molecule has 0 aliphatic heterocycles. The maximum absolute atomic E-state index is 9.37. The average molecular weight is 259 g/mol. The number of benzene rings is 1. The highest BCUT2D eigenvalue weighted by atomic mass is 16.3. The van der Waals surface area contributed by atoms with Gasteiger partial charge in [0, 0.05) is 0 Å². The minimum Gasteiger partial charge on any atom is -0.390 e. The molecule has 0 aliphatic rings. The molecule has 1 heterocycles. The Morgan fingerprint density at radius 1 is 1.26 bits per heavy atom. The molecule has 2 aromatic rings. The van der Waals surface area contributed by atoms with Crippen molar-refractivity contribution in [3.63, 3.8) is 0 Å². The van der Waals surface area contributed by atoms with Crippen LogP contribution < -0.4 is 0 Å². The van der Waals surface area contributed by atoms with Crippen LogP contribution in [0.5, 0.6) is 0 Å². The van der Waals surface area contributed by atoms with Crippen LogP contribution in [0.25, 0.3) is 0 Å². The Morgan fingerprint density at radius 2 is 2.00 bits per heavy atom. The third-order valence-electron chi connectivity index (χ3n) is 3.44. The fraction of sp³-hybridized carbons (Fsp3) is 0.467. The van der Waals surface area contributed by atoms with Gasteiger partial charge in [0.05, 0.1) is 18.3 Å². The van der Waals surface area contributed by atoms with E-state index in [-0.39, 0.29) is 12.6 Å². The fourth-order valence-corrected chi connectivity index (χ4v) is 2.26. The Hall–Kier alpha value is -1.68. The van der Waals surface area contributed by atoms with E-state index >= 15 is 0 Å². The highest BCUT2D eigenvalue weighted by molar-refractivity contribution is 5.21. The van der Waals surface area contributed by atoms with E-state index in [1.54, 1.807) is 0 Å². The lowest BCUT2D eigenvalue weighted by molar-refractivity contribution is 0.275. The normalized spacial score (nSPS) is 12.6. The molecule has 4 heteroatoms. The van der Waals surface area contributed by atoms with Crippen molar-refractivity contribution in [1.82, 2.24) is 15.0 Å². The summed E-state index contributed by atoms with van der Waals surface area (Å²) in [5, 5.41) is 17.7. The highest BCUT2D eigenvalue weighted by Gasteiger charge is 2.17. The van der Waals surface area contributed by atoms with E-state index in [0.717, 1.165) is 25.0 Å². The standard InChI is InChI=1S/C15H21N3O/c1-3-4-10-15-14(11-19)16-17-18(15)12(2)13-8-6-5-7-9-13/h5-9,12,19H,3-4,10-11H2,1-2H3. The Balaban J connectivity index is 2.31. The lowest BCUT2D eigenvalue weighted by atomic mass is 10.1. The molecule has 0 bridgehead atoms. The topological polar surface area (TPSA) is 50.9 Å². The molecule has 1 aromatic carbocycles. The number of hydrogen-bond donors (Lipinski definition) is 1. The van der Waals surface area contributed by atoms with Crippen molar-refractivity contribution in [2.45, 2.75) is 45.8 Å². The van der Waals surface area contributed by atoms with Gasteiger partial charge in [-0.2, -0.15) is 0 Å². The van der Waals surface area contributed by atoms with Gasteiger partial charge in [0.25, 0.3) is 0 Å². The molecule has 1 atom stereocenters. The number of aliphatic hydroxyl groups is 1. The SMILES string of the molecule is CCCCc1c(CO)nnn1C(C)c1ccccc1. The Bertz CT molecular complexity index is 507. The van der Waals surface area contributed by atoms with Gasteiger partial charge < -0.3 is 5.11 Å². The summed E-state index contributed by atoms with van der Waals surface area (Å²) in [6.45, 7) is 4.23. The molecule has 0 saturated carbocycles. The van der Waals surface area contributed by atoms with Crippen LogP contribution in [-0.2, 0) is 13.0 Å². The van der Waals surface area contributed by atoms with Crippen molar-refractivity contribution in [2.75, 3.05) is 0 Å². The maximum atomic E-state index is 9.37. The van der Waals surface area contributed by atoms with E-state index in [9.17, 15) is 5.11 Å². The predicted octanol–water partition coefficient (Wildman–Crippen LogP) is 2.72. The van der Waals surface area contributed by atoms with Crippen LogP contribution in [0.15, 0.2) is 30.3 Å². The summed E-state index contributed by atoms with van der Waals surface area (Å²) in [4.78, 5) is 0. The second-order valence-electron chi connectivity index (χ2n) is 4.78. The van der Waals surface area contributed by atoms with Crippen LogP contribution in [0, 0.1) is 0 Å². The zero-order valence-corrected chi connectivity index (χ0v) is 11.6. The van der Waals surface area contributed by atoms with E-state index in [1.807, 2.05) is 22.9 Å². The monoisotopic (exact) mass is 259 g/mol. The molecule has 0 spiro atoms. The van der Waals surface area contributed by atoms with Crippen LogP contribution >= 0.6 is 0 Å². The first-order valence-electron chi connectivity index (χ1n) is 6.86. The number of aliphatic hydroxyl groups excluding tert-OH is 1. The summed E-state index contributed by atoms with van der Waals surface area (Å²) in [6.07, 6.45) is 3.12. The zero-order valence-electron chi connectivity index (χ0n) is 11.6. The van der Waals surface area contributed by atoms with Gasteiger partial charge in [0.15, 0.2) is 0 Å². The van der Waals surface area contributed by atoms with E-state index in [4.69, 9.17) is 0 Å². The van der Waals surface area contributed by atoms with Crippen LogP contribution in [0.1, 0.15) is 49.7 Å². The maximum Gasteiger partial charge on any atom is 0.111 e. The van der Waals surface area contributed by atoms with Gasteiger partial charge in [-0.3, -0.25) is 0 Å². The number of rotatable bonds is 6. The molecule has 0 aliphatic carbocycles. The molecule has 1 unspecified atom stereocenters. The molecule has 0 radical (unpaired) electrons. The fourth-order valence-electron chi connectivity index (χ4n) is 2.26. The Kier molecular flexibility index (Phi) is 4.68. The first-order valence-corrected chi connectivity index (χ1v) is 6.86. The Morgan fingerprint density at radius 3 is 2.63 bits per heavy atom. The lowest BCUT2D eigenvalue weighted by Gasteiger charge is -2.15. The van der Waals surface area contributed by atoms with Crippen LogP contribution in [0.3, 0.4) is 0 Å². The van der Waals surface area contributed by atoms with Crippen LogP contribution in [-0.4, -0.2) is 20.1 Å². The molecule has 0 fully saturated rings. The minimum absolute atomic E-state index is 0.0411. The van der Waals surface area contributed by atoms with E-state index < -0.39 is 0 Å². The van der Waals surface area contributed by atoms with Crippen molar-refractivity contribution in [3.8, 4) is 0 Å². The first kappa shape index (κ1) is 13.7. The number of hydrogen-bond acceptors (Lipinski definition) is 3. The number of unbranched alkanes of at least 4 members (excludes halogenated alkanes) is 1. The zero-order chi connectivity index (χ0) is 13.7. The molecular weight excluding hydrogens is 238 g/mol. The summed E-state index contributed by atoms with van der Waals surface area (Å²) in [5.74, 6) is 0. The summed E-state index contributed by atoms with van der Waals surface area (Å²) in [6, 6.07) is 10.4. The molecule has 0 saturated heterocycles. The number of nitrogens with zero attached hydrogens (tertiary/aromatic N) is 3. The van der Waals surface area contributed by atoms with Crippen molar-refractivity contribution in [1.29, 1.82) is 0 Å². The second-order valence-corrected chi connectivity index (χ2v) is 4.78. The smallest absolute Gasteiger partial charge is 0.111 e. The van der Waals surface area contributed by atoms with Crippen molar-refractivity contribution in [2.24, 2.45) is 0 Å². The lowest BCUT2D eigenvalue weighted by Crippen LogP contribution is -2.13. The first-order chi connectivity index (χ1) is 9.27. The summed E-state index contributed by atoms with van der Waals surface area (Å²) >= 11 is 0. The van der Waals surface area contributed by atoms with E-state index in [2.05, 4.69) is 36.3 Å². The highest BCUT2D eigenvalue weighted by Crippen LogP contribution is 2.21. The minimum atomic E-state index is -0.0411. The summed E-state index contributed by atoms with van der Waals surface area (Å²) in [5.41, 5.74) is 2.96. The molecule has 1 N–H and O–H groups in total.